The van der Waals surface area contributed by atoms with Gasteiger partial charge in [-0.1, -0.05) is 13.8 Å². The summed E-state index contributed by atoms with van der Waals surface area (Å²) in [6.07, 6.45) is 2.41. The zero-order valence-corrected chi connectivity index (χ0v) is 17.8. The van der Waals surface area contributed by atoms with E-state index in [9.17, 15) is 0 Å². The summed E-state index contributed by atoms with van der Waals surface area (Å²) in [7, 11) is 1.88. The first-order valence-electron chi connectivity index (χ1n) is 10.7. The fourth-order valence-corrected chi connectivity index (χ4v) is 4.01. The van der Waals surface area contributed by atoms with Crippen molar-refractivity contribution >= 4 is 5.96 Å². The summed E-state index contributed by atoms with van der Waals surface area (Å²) in [6, 6.07) is 1.21. The Morgan fingerprint density at radius 2 is 1.62 bits per heavy atom. The molecule has 0 amide bonds. The van der Waals surface area contributed by atoms with Crippen LogP contribution in [-0.2, 0) is 0 Å². The van der Waals surface area contributed by atoms with Gasteiger partial charge in [0.05, 0.1) is 0 Å². The van der Waals surface area contributed by atoms with Crippen LogP contribution in [0.25, 0.3) is 0 Å². The number of guanidine groups is 1. The Morgan fingerprint density at radius 3 is 2.15 bits per heavy atom. The quantitative estimate of drug-likeness (QED) is 0.525. The van der Waals surface area contributed by atoms with Crippen molar-refractivity contribution in [1.29, 1.82) is 0 Å². The van der Waals surface area contributed by atoms with Crippen LogP contribution in [0.15, 0.2) is 4.99 Å². The summed E-state index contributed by atoms with van der Waals surface area (Å²) < 4.78 is 0. The zero-order valence-electron chi connectivity index (χ0n) is 17.8. The number of hydrogen-bond acceptors (Lipinski definition) is 4. The lowest BCUT2D eigenvalue weighted by atomic mass is 10.0. The molecular weight excluding hydrogens is 324 g/mol. The van der Waals surface area contributed by atoms with E-state index in [-0.39, 0.29) is 0 Å². The van der Waals surface area contributed by atoms with Crippen molar-refractivity contribution in [3.8, 4) is 0 Å². The minimum absolute atomic E-state index is 0.550. The summed E-state index contributed by atoms with van der Waals surface area (Å²) in [5.74, 6) is 1.60. The number of rotatable bonds is 7. The van der Waals surface area contributed by atoms with Gasteiger partial charge in [-0.2, -0.15) is 0 Å². The Hall–Kier alpha value is -0.850. The normalized spacial score (nSPS) is 23.4. The Balaban J connectivity index is 1.64. The Bertz CT molecular complexity index is 409. The average molecular weight is 367 g/mol. The summed E-state index contributed by atoms with van der Waals surface area (Å²) in [4.78, 5) is 12.1. The summed E-state index contributed by atoms with van der Waals surface area (Å²) in [5, 5.41) is 7.18. The van der Waals surface area contributed by atoms with Crippen molar-refractivity contribution in [2.45, 2.75) is 52.6 Å². The van der Waals surface area contributed by atoms with Gasteiger partial charge in [-0.05, 0) is 39.2 Å². The van der Waals surface area contributed by atoms with Gasteiger partial charge in [0, 0.05) is 71.5 Å². The van der Waals surface area contributed by atoms with Gasteiger partial charge in [-0.25, -0.2) is 0 Å². The van der Waals surface area contributed by atoms with Crippen LogP contribution in [0.4, 0.5) is 0 Å². The smallest absolute Gasteiger partial charge is 0.191 e. The molecule has 2 aliphatic rings. The van der Waals surface area contributed by atoms with Crippen molar-refractivity contribution in [1.82, 2.24) is 25.3 Å². The standard InChI is InChI=1S/C20H42N6/c1-6-24-11-13-25(14-12-24)16-18(4)15-22-20(21-5)23-19-7-9-26(10-8-19)17(2)3/h17-19H,6-16H2,1-5H3,(H2,21,22,23). The number of likely N-dealkylation sites (N-methyl/N-ethyl adjacent to an activating group) is 1. The number of hydrogen-bond donors (Lipinski definition) is 2. The molecule has 2 saturated heterocycles. The van der Waals surface area contributed by atoms with Gasteiger partial charge in [-0.15, -0.1) is 0 Å². The van der Waals surface area contributed by atoms with Gasteiger partial charge in [0.1, 0.15) is 0 Å². The van der Waals surface area contributed by atoms with Crippen LogP contribution in [0.1, 0.15) is 40.5 Å². The molecule has 2 aliphatic heterocycles. The van der Waals surface area contributed by atoms with Gasteiger partial charge in [0.15, 0.2) is 5.96 Å². The third kappa shape index (κ3) is 7.05. The third-order valence-electron chi connectivity index (χ3n) is 5.92. The molecule has 2 heterocycles. The van der Waals surface area contributed by atoms with Crippen molar-refractivity contribution in [3.05, 3.63) is 0 Å². The molecule has 0 aromatic carbocycles. The molecule has 2 rings (SSSR count). The second kappa shape index (κ2) is 11.1. The average Bonchev–Trinajstić information content (AvgIpc) is 2.66. The van der Waals surface area contributed by atoms with Gasteiger partial charge < -0.3 is 25.3 Å². The number of piperazine rings is 1. The van der Waals surface area contributed by atoms with E-state index in [1.807, 2.05) is 7.05 Å². The van der Waals surface area contributed by atoms with E-state index >= 15 is 0 Å². The SMILES string of the molecule is CCN1CCN(CC(C)CNC(=NC)NC2CCN(C(C)C)CC2)CC1. The maximum atomic E-state index is 4.44. The second-order valence-corrected chi connectivity index (χ2v) is 8.34. The minimum atomic E-state index is 0.550. The lowest BCUT2D eigenvalue weighted by Gasteiger charge is -2.36. The highest BCUT2D eigenvalue weighted by Crippen LogP contribution is 2.12. The molecule has 26 heavy (non-hydrogen) atoms. The number of likely N-dealkylation sites (tertiary alicyclic amines) is 1. The van der Waals surface area contributed by atoms with E-state index < -0.39 is 0 Å². The molecule has 0 aliphatic carbocycles. The summed E-state index contributed by atoms with van der Waals surface area (Å²) in [5.41, 5.74) is 0. The first kappa shape index (κ1) is 21.5. The molecule has 1 atom stereocenters. The molecule has 0 saturated carbocycles. The van der Waals surface area contributed by atoms with E-state index in [0.717, 1.165) is 12.5 Å². The van der Waals surface area contributed by atoms with Crippen LogP contribution in [0.5, 0.6) is 0 Å². The van der Waals surface area contributed by atoms with Crippen LogP contribution >= 0.6 is 0 Å². The molecule has 0 bridgehead atoms. The number of nitrogens with zero attached hydrogens (tertiary/aromatic N) is 4. The summed E-state index contributed by atoms with van der Waals surface area (Å²) >= 11 is 0. The van der Waals surface area contributed by atoms with Crippen LogP contribution in [0.2, 0.25) is 0 Å². The molecule has 0 aromatic rings. The molecule has 0 radical (unpaired) electrons. The molecule has 152 valence electrons. The maximum Gasteiger partial charge on any atom is 0.191 e. The number of piperidine rings is 1. The fourth-order valence-electron chi connectivity index (χ4n) is 4.01. The lowest BCUT2D eigenvalue weighted by Crippen LogP contribution is -2.51. The molecular formula is C20H42N6. The third-order valence-corrected chi connectivity index (χ3v) is 5.92. The first-order valence-corrected chi connectivity index (χ1v) is 10.7. The van der Waals surface area contributed by atoms with E-state index in [1.54, 1.807) is 0 Å². The van der Waals surface area contributed by atoms with Crippen LogP contribution < -0.4 is 10.6 Å². The van der Waals surface area contributed by atoms with E-state index in [1.165, 1.54) is 65.2 Å². The molecule has 2 fully saturated rings. The number of nitrogens with one attached hydrogen (secondary N) is 2. The molecule has 0 aromatic heterocycles. The highest BCUT2D eigenvalue weighted by Gasteiger charge is 2.22. The molecule has 6 nitrogen and oxygen atoms in total. The molecule has 6 heteroatoms. The molecule has 1 unspecified atom stereocenters. The fraction of sp³-hybridized carbons (Fsp3) is 0.950. The highest BCUT2D eigenvalue weighted by atomic mass is 15.3. The Kier molecular flexibility index (Phi) is 9.16. The zero-order chi connectivity index (χ0) is 18.9. The first-order chi connectivity index (χ1) is 12.5. The van der Waals surface area contributed by atoms with Crippen LogP contribution in [-0.4, -0.2) is 98.7 Å². The van der Waals surface area contributed by atoms with Crippen molar-refractivity contribution < 1.29 is 0 Å². The van der Waals surface area contributed by atoms with E-state index in [0.29, 0.717) is 18.0 Å². The van der Waals surface area contributed by atoms with Gasteiger partial charge in [0.25, 0.3) is 0 Å². The lowest BCUT2D eigenvalue weighted by molar-refractivity contribution is 0.124. The second-order valence-electron chi connectivity index (χ2n) is 8.34. The van der Waals surface area contributed by atoms with Crippen LogP contribution in [0, 0.1) is 5.92 Å². The Morgan fingerprint density at radius 1 is 1.00 bits per heavy atom. The van der Waals surface area contributed by atoms with E-state index in [4.69, 9.17) is 0 Å². The van der Waals surface area contributed by atoms with Gasteiger partial charge >= 0.3 is 0 Å². The van der Waals surface area contributed by atoms with Crippen molar-refractivity contribution in [2.24, 2.45) is 10.9 Å². The van der Waals surface area contributed by atoms with Gasteiger partial charge in [0.2, 0.25) is 0 Å². The monoisotopic (exact) mass is 366 g/mol. The van der Waals surface area contributed by atoms with Gasteiger partial charge in [-0.3, -0.25) is 4.99 Å². The molecule has 2 N–H and O–H groups in total. The predicted molar refractivity (Wildman–Crippen MR) is 112 cm³/mol. The van der Waals surface area contributed by atoms with Crippen LogP contribution in [0.3, 0.4) is 0 Å². The highest BCUT2D eigenvalue weighted by molar-refractivity contribution is 5.79. The maximum absolute atomic E-state index is 4.44. The van der Waals surface area contributed by atoms with E-state index in [2.05, 4.69) is 58.0 Å². The predicted octanol–water partition coefficient (Wildman–Crippen LogP) is 1.30. The minimum Gasteiger partial charge on any atom is -0.356 e. The summed E-state index contributed by atoms with van der Waals surface area (Å²) in [6.45, 7) is 19.7. The van der Waals surface area contributed by atoms with Crippen molar-refractivity contribution in [3.63, 3.8) is 0 Å². The molecule has 0 spiro atoms. The topological polar surface area (TPSA) is 46.1 Å². The largest absolute Gasteiger partial charge is 0.356 e. The Labute approximate surface area is 161 Å². The van der Waals surface area contributed by atoms with Crippen molar-refractivity contribution in [2.75, 3.05) is 66.0 Å². The number of aliphatic imine (C=N–C) groups is 1.